The maximum absolute atomic E-state index is 3.51. The molecule has 1 aromatic heterocycles. The molecule has 0 aromatic carbocycles. The highest BCUT2D eigenvalue weighted by atomic mass is 79.9. The van der Waals surface area contributed by atoms with Crippen LogP contribution in [0.1, 0.15) is 36.8 Å². The fraction of sp³-hybridized carbons (Fsp3) is 0.600. The van der Waals surface area contributed by atoms with Gasteiger partial charge in [0.1, 0.15) is 0 Å². The summed E-state index contributed by atoms with van der Waals surface area (Å²) in [7, 11) is 0. The van der Waals surface area contributed by atoms with Crippen LogP contribution >= 0.6 is 27.3 Å². The molecule has 0 aliphatic rings. The lowest BCUT2D eigenvalue weighted by molar-refractivity contribution is 0.570. The maximum Gasteiger partial charge on any atom is 0.0704 e. The van der Waals surface area contributed by atoms with Crippen LogP contribution in [-0.4, -0.2) is 6.54 Å². The summed E-state index contributed by atoms with van der Waals surface area (Å²) in [6.07, 6.45) is 1.19. The van der Waals surface area contributed by atoms with E-state index in [1.54, 1.807) is 0 Å². The summed E-state index contributed by atoms with van der Waals surface area (Å²) in [5.74, 6) is 0. The Kier molecular flexibility index (Phi) is 4.42. The summed E-state index contributed by atoms with van der Waals surface area (Å²) in [6.45, 7) is 7.68. The first-order chi connectivity index (χ1) is 6.15. The van der Waals surface area contributed by atoms with Gasteiger partial charge in [-0.05, 0) is 54.4 Å². The van der Waals surface area contributed by atoms with Gasteiger partial charge in [-0.15, -0.1) is 11.3 Å². The first-order valence-electron chi connectivity index (χ1n) is 4.64. The summed E-state index contributed by atoms with van der Waals surface area (Å²) >= 11 is 5.32. The number of thiophene rings is 1. The Balaban J connectivity index is 2.64. The van der Waals surface area contributed by atoms with Crippen LogP contribution in [-0.2, 0) is 0 Å². The molecule has 0 saturated carbocycles. The van der Waals surface area contributed by atoms with Gasteiger partial charge in [0.25, 0.3) is 0 Å². The summed E-state index contributed by atoms with van der Waals surface area (Å²) in [5, 5.41) is 3.49. The van der Waals surface area contributed by atoms with Crippen LogP contribution in [0.4, 0.5) is 0 Å². The zero-order chi connectivity index (χ0) is 9.84. The van der Waals surface area contributed by atoms with E-state index in [4.69, 9.17) is 0 Å². The molecule has 74 valence electrons. The van der Waals surface area contributed by atoms with Crippen molar-refractivity contribution in [2.75, 3.05) is 6.54 Å². The van der Waals surface area contributed by atoms with E-state index in [0.717, 1.165) is 6.54 Å². The van der Waals surface area contributed by atoms with E-state index < -0.39 is 0 Å². The normalized spacial score (nSPS) is 13.2. The molecule has 1 unspecified atom stereocenters. The second-order valence-corrected chi connectivity index (χ2v) is 5.87. The van der Waals surface area contributed by atoms with Crippen molar-refractivity contribution in [1.82, 2.24) is 5.32 Å². The molecule has 1 atom stereocenters. The molecule has 0 amide bonds. The quantitative estimate of drug-likeness (QED) is 0.868. The lowest BCUT2D eigenvalue weighted by atomic mass is 10.1. The average Bonchev–Trinajstić information content (AvgIpc) is 2.41. The number of rotatable bonds is 4. The number of halogens is 1. The van der Waals surface area contributed by atoms with Gasteiger partial charge in [0.2, 0.25) is 0 Å². The topological polar surface area (TPSA) is 12.0 Å². The Morgan fingerprint density at radius 1 is 1.62 bits per heavy atom. The predicted octanol–water partition coefficient (Wildman–Crippen LogP) is 3.88. The van der Waals surface area contributed by atoms with E-state index in [2.05, 4.69) is 48.1 Å². The van der Waals surface area contributed by atoms with Gasteiger partial charge in [-0.2, -0.15) is 0 Å². The molecule has 0 fully saturated rings. The fourth-order valence-electron chi connectivity index (χ4n) is 1.36. The van der Waals surface area contributed by atoms with Gasteiger partial charge in [-0.1, -0.05) is 6.92 Å². The van der Waals surface area contributed by atoms with Crippen molar-refractivity contribution in [1.29, 1.82) is 0 Å². The molecule has 0 aliphatic carbocycles. The van der Waals surface area contributed by atoms with E-state index in [-0.39, 0.29) is 0 Å². The summed E-state index contributed by atoms with van der Waals surface area (Å²) in [4.78, 5) is 1.41. The van der Waals surface area contributed by atoms with Crippen LogP contribution in [0.2, 0.25) is 0 Å². The molecule has 0 saturated heterocycles. The third kappa shape index (κ3) is 3.08. The Morgan fingerprint density at radius 2 is 2.31 bits per heavy atom. The van der Waals surface area contributed by atoms with E-state index in [1.165, 1.54) is 20.6 Å². The van der Waals surface area contributed by atoms with Gasteiger partial charge in [0, 0.05) is 10.9 Å². The third-order valence-corrected chi connectivity index (χ3v) is 3.66. The van der Waals surface area contributed by atoms with E-state index >= 15 is 0 Å². The molecule has 1 rings (SSSR count). The van der Waals surface area contributed by atoms with Crippen LogP contribution in [0.5, 0.6) is 0 Å². The Bertz CT molecular complexity index is 270. The molecule has 1 nitrogen and oxygen atoms in total. The zero-order valence-electron chi connectivity index (χ0n) is 8.36. The molecular weight excluding hydrogens is 246 g/mol. The van der Waals surface area contributed by atoms with Crippen LogP contribution < -0.4 is 5.32 Å². The van der Waals surface area contributed by atoms with E-state index in [9.17, 15) is 0 Å². The Morgan fingerprint density at radius 3 is 2.77 bits per heavy atom. The van der Waals surface area contributed by atoms with Crippen molar-refractivity contribution in [3.63, 3.8) is 0 Å². The number of aryl methyl sites for hydroxylation is 1. The molecule has 1 heterocycles. The zero-order valence-corrected chi connectivity index (χ0v) is 10.8. The number of nitrogens with one attached hydrogen (secondary N) is 1. The van der Waals surface area contributed by atoms with Crippen LogP contribution in [0.25, 0.3) is 0 Å². The first kappa shape index (κ1) is 11.2. The van der Waals surface area contributed by atoms with Crippen molar-refractivity contribution in [2.24, 2.45) is 0 Å². The number of hydrogen-bond acceptors (Lipinski definition) is 2. The minimum Gasteiger partial charge on any atom is -0.310 e. The smallest absolute Gasteiger partial charge is 0.0704 e. The molecule has 0 bridgehead atoms. The highest BCUT2D eigenvalue weighted by molar-refractivity contribution is 9.11. The monoisotopic (exact) mass is 261 g/mol. The van der Waals surface area contributed by atoms with Crippen molar-refractivity contribution in [3.05, 3.63) is 20.3 Å². The fourth-order valence-corrected chi connectivity index (χ4v) is 3.17. The van der Waals surface area contributed by atoms with E-state index in [0.29, 0.717) is 6.04 Å². The van der Waals surface area contributed by atoms with Gasteiger partial charge in [0.05, 0.1) is 3.79 Å². The van der Waals surface area contributed by atoms with Crippen molar-refractivity contribution in [3.8, 4) is 0 Å². The van der Waals surface area contributed by atoms with Crippen LogP contribution in [0, 0.1) is 6.92 Å². The molecule has 0 spiro atoms. The third-order valence-electron chi connectivity index (χ3n) is 2.09. The average molecular weight is 262 g/mol. The van der Waals surface area contributed by atoms with Crippen molar-refractivity contribution >= 4 is 27.3 Å². The molecule has 3 heteroatoms. The molecular formula is C10H16BrNS. The maximum atomic E-state index is 3.51. The minimum absolute atomic E-state index is 0.475. The SMILES string of the molecule is CCCNC(C)c1cc(Br)sc1C. The highest BCUT2D eigenvalue weighted by Gasteiger charge is 2.10. The molecule has 0 aliphatic heterocycles. The van der Waals surface area contributed by atoms with Gasteiger partial charge in [-0.25, -0.2) is 0 Å². The summed E-state index contributed by atoms with van der Waals surface area (Å²) < 4.78 is 1.23. The van der Waals surface area contributed by atoms with Gasteiger partial charge >= 0.3 is 0 Å². The lowest BCUT2D eigenvalue weighted by Crippen LogP contribution is -2.19. The summed E-state index contributed by atoms with van der Waals surface area (Å²) in [6, 6.07) is 2.69. The molecule has 0 radical (unpaired) electrons. The molecule has 1 aromatic rings. The largest absolute Gasteiger partial charge is 0.310 e. The standard InChI is InChI=1S/C10H16BrNS/c1-4-5-12-7(2)9-6-10(11)13-8(9)3/h6-7,12H,4-5H2,1-3H3. The first-order valence-corrected chi connectivity index (χ1v) is 6.25. The van der Waals surface area contributed by atoms with Crippen molar-refractivity contribution < 1.29 is 0 Å². The second kappa shape index (κ2) is 5.13. The van der Waals surface area contributed by atoms with E-state index in [1.807, 2.05) is 11.3 Å². The van der Waals surface area contributed by atoms with Gasteiger partial charge in [-0.3, -0.25) is 0 Å². The van der Waals surface area contributed by atoms with Crippen LogP contribution in [0.15, 0.2) is 9.85 Å². The Hall–Kier alpha value is 0.140. The lowest BCUT2D eigenvalue weighted by Gasteiger charge is -2.12. The molecule has 13 heavy (non-hydrogen) atoms. The van der Waals surface area contributed by atoms with Gasteiger partial charge < -0.3 is 5.32 Å². The van der Waals surface area contributed by atoms with Crippen molar-refractivity contribution in [2.45, 2.75) is 33.2 Å². The minimum atomic E-state index is 0.475. The number of hydrogen-bond donors (Lipinski definition) is 1. The summed E-state index contributed by atoms with van der Waals surface area (Å²) in [5.41, 5.74) is 1.42. The Labute approximate surface area is 92.7 Å². The second-order valence-electron chi connectivity index (χ2n) is 3.24. The highest BCUT2D eigenvalue weighted by Crippen LogP contribution is 2.30. The molecule has 1 N–H and O–H groups in total. The predicted molar refractivity (Wildman–Crippen MR) is 63.5 cm³/mol. The van der Waals surface area contributed by atoms with Gasteiger partial charge in [0.15, 0.2) is 0 Å². The van der Waals surface area contributed by atoms with Crippen LogP contribution in [0.3, 0.4) is 0 Å².